The van der Waals surface area contributed by atoms with Gasteiger partial charge in [-0.1, -0.05) is 18.2 Å². The zero-order chi connectivity index (χ0) is 18.0. The van der Waals surface area contributed by atoms with Gasteiger partial charge in [0.2, 0.25) is 20.0 Å². The predicted molar refractivity (Wildman–Crippen MR) is 89.5 cm³/mol. The number of hydrogen-bond acceptors (Lipinski definition) is 5. The minimum absolute atomic E-state index is 0.0210. The first-order valence-electron chi connectivity index (χ1n) is 6.87. The van der Waals surface area contributed by atoms with Gasteiger partial charge in [0.1, 0.15) is 5.75 Å². The maximum atomic E-state index is 12.6. The molecule has 0 saturated heterocycles. The van der Waals surface area contributed by atoms with Crippen LogP contribution in [0.4, 0.5) is 0 Å². The molecule has 0 amide bonds. The molecule has 0 unspecified atom stereocenters. The van der Waals surface area contributed by atoms with Gasteiger partial charge in [-0.2, -0.15) is 4.31 Å². The molecule has 2 aromatic carbocycles. The van der Waals surface area contributed by atoms with Crippen LogP contribution >= 0.6 is 0 Å². The van der Waals surface area contributed by atoms with Crippen LogP contribution in [0.2, 0.25) is 0 Å². The minimum Gasteiger partial charge on any atom is -0.496 e. The molecule has 24 heavy (non-hydrogen) atoms. The number of primary sulfonamides is 1. The standard InChI is InChI=1S/C15H18N2O5S2/c1-17(11-12-5-3-4-6-15(12)22-2)24(20,21)14-9-7-13(8-10-14)23(16,18)19/h3-10H,11H2,1-2H3,(H2,16,18,19). The lowest BCUT2D eigenvalue weighted by molar-refractivity contribution is 0.398. The van der Waals surface area contributed by atoms with Crippen LogP contribution in [0.15, 0.2) is 58.3 Å². The van der Waals surface area contributed by atoms with E-state index in [1.54, 1.807) is 24.3 Å². The van der Waals surface area contributed by atoms with Crippen molar-refractivity contribution in [3.8, 4) is 5.75 Å². The van der Waals surface area contributed by atoms with Crippen molar-refractivity contribution in [1.29, 1.82) is 0 Å². The first-order chi connectivity index (χ1) is 11.2. The normalized spacial score (nSPS) is 12.3. The van der Waals surface area contributed by atoms with Gasteiger partial charge in [0.15, 0.2) is 0 Å². The summed E-state index contributed by atoms with van der Waals surface area (Å²) in [6, 6.07) is 11.9. The number of sulfonamides is 2. The summed E-state index contributed by atoms with van der Waals surface area (Å²) in [6.07, 6.45) is 0. The molecule has 130 valence electrons. The highest BCUT2D eigenvalue weighted by Crippen LogP contribution is 2.23. The topological polar surface area (TPSA) is 107 Å². The molecule has 0 aliphatic carbocycles. The lowest BCUT2D eigenvalue weighted by Gasteiger charge is -2.18. The van der Waals surface area contributed by atoms with Crippen LogP contribution in [0, 0.1) is 0 Å². The summed E-state index contributed by atoms with van der Waals surface area (Å²) in [7, 11) is -4.70. The van der Waals surface area contributed by atoms with Crippen molar-refractivity contribution in [1.82, 2.24) is 4.31 Å². The molecule has 0 bridgehead atoms. The van der Waals surface area contributed by atoms with Crippen LogP contribution < -0.4 is 9.88 Å². The third kappa shape index (κ3) is 3.93. The summed E-state index contributed by atoms with van der Waals surface area (Å²) in [6.45, 7) is 0.114. The van der Waals surface area contributed by atoms with E-state index < -0.39 is 20.0 Å². The summed E-state index contributed by atoms with van der Waals surface area (Å²) >= 11 is 0. The monoisotopic (exact) mass is 370 g/mol. The molecule has 0 fully saturated rings. The first-order valence-corrected chi connectivity index (χ1v) is 9.86. The van der Waals surface area contributed by atoms with Gasteiger partial charge in [-0.25, -0.2) is 22.0 Å². The Morgan fingerprint density at radius 2 is 1.50 bits per heavy atom. The number of rotatable bonds is 6. The Hall–Kier alpha value is -1.94. The van der Waals surface area contributed by atoms with Crippen LogP contribution in [0.5, 0.6) is 5.75 Å². The number of methoxy groups -OCH3 is 1. The maximum Gasteiger partial charge on any atom is 0.243 e. The first kappa shape index (κ1) is 18.4. The Kier molecular flexibility index (Phi) is 5.29. The van der Waals surface area contributed by atoms with Gasteiger partial charge in [-0.05, 0) is 30.3 Å². The fourth-order valence-corrected chi connectivity index (χ4v) is 3.80. The number of para-hydroxylation sites is 1. The molecule has 7 nitrogen and oxygen atoms in total. The minimum atomic E-state index is -3.87. The lowest BCUT2D eigenvalue weighted by atomic mass is 10.2. The van der Waals surface area contributed by atoms with E-state index in [1.807, 2.05) is 0 Å². The third-order valence-corrected chi connectivity index (χ3v) is 6.19. The van der Waals surface area contributed by atoms with Crippen molar-refractivity contribution >= 4 is 20.0 Å². The highest BCUT2D eigenvalue weighted by Gasteiger charge is 2.22. The molecule has 0 saturated carbocycles. The molecular formula is C15H18N2O5S2. The van der Waals surface area contributed by atoms with Crippen molar-refractivity contribution in [3.05, 3.63) is 54.1 Å². The fraction of sp³-hybridized carbons (Fsp3) is 0.200. The molecule has 0 aliphatic heterocycles. The number of nitrogens with two attached hydrogens (primary N) is 1. The number of nitrogens with zero attached hydrogens (tertiary/aromatic N) is 1. The molecule has 9 heteroatoms. The third-order valence-electron chi connectivity index (χ3n) is 3.45. The van der Waals surface area contributed by atoms with Gasteiger partial charge in [0.05, 0.1) is 16.9 Å². The van der Waals surface area contributed by atoms with E-state index >= 15 is 0 Å². The Balaban J connectivity index is 2.29. The molecule has 0 radical (unpaired) electrons. The number of ether oxygens (including phenoxy) is 1. The van der Waals surface area contributed by atoms with Crippen LogP contribution in [0.3, 0.4) is 0 Å². The SMILES string of the molecule is COc1ccccc1CN(C)S(=O)(=O)c1ccc(S(N)(=O)=O)cc1. The molecule has 0 spiro atoms. The Morgan fingerprint density at radius 3 is 2.04 bits per heavy atom. The predicted octanol–water partition coefficient (Wildman–Crippen LogP) is 1.16. The van der Waals surface area contributed by atoms with Gasteiger partial charge in [-0.15, -0.1) is 0 Å². The quantitative estimate of drug-likeness (QED) is 0.821. The maximum absolute atomic E-state index is 12.6. The highest BCUT2D eigenvalue weighted by atomic mass is 32.2. The van der Waals surface area contributed by atoms with Crippen molar-refractivity contribution < 1.29 is 21.6 Å². The van der Waals surface area contributed by atoms with Crippen molar-refractivity contribution in [2.24, 2.45) is 5.14 Å². The summed E-state index contributed by atoms with van der Waals surface area (Å²) < 4.78 is 54.1. The summed E-state index contributed by atoms with van der Waals surface area (Å²) in [5.41, 5.74) is 0.715. The Bertz CT molecular complexity index is 923. The summed E-state index contributed by atoms with van der Waals surface area (Å²) in [4.78, 5) is -0.166. The van der Waals surface area contributed by atoms with E-state index in [1.165, 1.54) is 38.4 Å². The summed E-state index contributed by atoms with van der Waals surface area (Å²) in [5, 5.41) is 5.01. The van der Waals surface area contributed by atoms with Crippen LogP contribution in [0.25, 0.3) is 0 Å². The Labute approximate surface area is 141 Å². The van der Waals surface area contributed by atoms with Gasteiger partial charge in [-0.3, -0.25) is 0 Å². The molecular weight excluding hydrogens is 352 g/mol. The number of benzene rings is 2. The second kappa shape index (κ2) is 6.89. The average molecular weight is 370 g/mol. The second-order valence-electron chi connectivity index (χ2n) is 5.09. The highest BCUT2D eigenvalue weighted by molar-refractivity contribution is 7.89. The van der Waals surface area contributed by atoms with Gasteiger partial charge in [0, 0.05) is 19.2 Å². The van der Waals surface area contributed by atoms with Crippen LogP contribution in [0.1, 0.15) is 5.56 Å². The van der Waals surface area contributed by atoms with Crippen LogP contribution in [-0.2, 0) is 26.6 Å². The average Bonchev–Trinajstić information content (AvgIpc) is 2.54. The second-order valence-corrected chi connectivity index (χ2v) is 8.70. The zero-order valence-electron chi connectivity index (χ0n) is 13.2. The van der Waals surface area contributed by atoms with Crippen molar-refractivity contribution in [3.63, 3.8) is 0 Å². The van der Waals surface area contributed by atoms with Gasteiger partial charge in [0.25, 0.3) is 0 Å². The van der Waals surface area contributed by atoms with Gasteiger partial charge >= 0.3 is 0 Å². The van der Waals surface area contributed by atoms with E-state index in [9.17, 15) is 16.8 Å². The smallest absolute Gasteiger partial charge is 0.243 e. The van der Waals surface area contributed by atoms with E-state index in [0.29, 0.717) is 11.3 Å². The zero-order valence-corrected chi connectivity index (χ0v) is 14.8. The molecule has 2 aromatic rings. The number of hydrogen-bond donors (Lipinski definition) is 1. The molecule has 0 aromatic heterocycles. The van der Waals surface area contributed by atoms with Gasteiger partial charge < -0.3 is 4.74 Å². The van der Waals surface area contributed by atoms with Crippen LogP contribution in [-0.4, -0.2) is 35.3 Å². The molecule has 0 heterocycles. The van der Waals surface area contributed by atoms with E-state index in [-0.39, 0.29) is 16.3 Å². The molecule has 0 aliphatic rings. The fourth-order valence-electron chi connectivity index (χ4n) is 2.14. The summed E-state index contributed by atoms with van der Waals surface area (Å²) in [5.74, 6) is 0.587. The van der Waals surface area contributed by atoms with Crippen molar-refractivity contribution in [2.45, 2.75) is 16.3 Å². The molecule has 2 N–H and O–H groups in total. The van der Waals surface area contributed by atoms with E-state index in [2.05, 4.69) is 0 Å². The Morgan fingerprint density at radius 1 is 0.958 bits per heavy atom. The lowest BCUT2D eigenvalue weighted by Crippen LogP contribution is -2.26. The molecule has 0 atom stereocenters. The van der Waals surface area contributed by atoms with Crippen molar-refractivity contribution in [2.75, 3.05) is 14.2 Å². The van der Waals surface area contributed by atoms with E-state index in [0.717, 1.165) is 4.31 Å². The van der Waals surface area contributed by atoms with E-state index in [4.69, 9.17) is 9.88 Å². The molecule has 2 rings (SSSR count). The largest absolute Gasteiger partial charge is 0.496 e.